The number of ether oxygens (including phenoxy) is 1. The van der Waals surface area contributed by atoms with Gasteiger partial charge in [0, 0.05) is 23.8 Å². The van der Waals surface area contributed by atoms with E-state index in [0.29, 0.717) is 5.92 Å². The van der Waals surface area contributed by atoms with Crippen LogP contribution in [0.2, 0.25) is 0 Å². The minimum absolute atomic E-state index is 0.211. The van der Waals surface area contributed by atoms with Crippen molar-refractivity contribution < 1.29 is 4.74 Å². The van der Waals surface area contributed by atoms with Crippen molar-refractivity contribution in [2.24, 2.45) is 5.92 Å². The second-order valence-corrected chi connectivity index (χ2v) is 5.39. The average molecular weight is 273 g/mol. The van der Waals surface area contributed by atoms with Crippen molar-refractivity contribution in [1.82, 2.24) is 20.2 Å². The fraction of sp³-hybridized carbons (Fsp3) is 0.500. The predicted octanol–water partition coefficient (Wildman–Crippen LogP) is 1.83. The number of tetrazole rings is 1. The maximum Gasteiger partial charge on any atom is 0.182 e. The first-order chi connectivity index (χ1) is 9.66. The Hall–Kier alpha value is -1.95. The molecule has 2 heterocycles. The highest BCUT2D eigenvalue weighted by Crippen LogP contribution is 2.30. The van der Waals surface area contributed by atoms with Crippen molar-refractivity contribution in [3.8, 4) is 11.4 Å². The first kappa shape index (κ1) is 13.1. The van der Waals surface area contributed by atoms with E-state index in [1.165, 1.54) is 0 Å². The van der Waals surface area contributed by atoms with Gasteiger partial charge in [-0.05, 0) is 48.4 Å². The molecule has 6 nitrogen and oxygen atoms in total. The topological polar surface area (TPSA) is 78.9 Å². The van der Waals surface area contributed by atoms with Gasteiger partial charge < -0.3 is 10.5 Å². The second-order valence-electron chi connectivity index (χ2n) is 5.39. The fourth-order valence-electron chi connectivity index (χ4n) is 2.66. The Morgan fingerprint density at radius 3 is 3.05 bits per heavy atom. The van der Waals surface area contributed by atoms with E-state index in [1.54, 1.807) is 0 Å². The Labute approximate surface area is 117 Å². The molecule has 1 saturated heterocycles. The highest BCUT2D eigenvalue weighted by molar-refractivity contribution is 5.65. The van der Waals surface area contributed by atoms with E-state index >= 15 is 0 Å². The van der Waals surface area contributed by atoms with Gasteiger partial charge in [-0.2, -0.15) is 0 Å². The Bertz CT molecular complexity index is 603. The number of aromatic nitrogens is 4. The molecule has 6 heteroatoms. The van der Waals surface area contributed by atoms with Crippen molar-refractivity contribution in [2.45, 2.75) is 26.3 Å². The molecule has 2 atom stereocenters. The molecule has 0 bridgehead atoms. The molecular weight excluding hydrogens is 254 g/mol. The number of anilines is 1. The molecule has 106 valence electrons. The zero-order valence-corrected chi connectivity index (χ0v) is 11.8. The summed E-state index contributed by atoms with van der Waals surface area (Å²) in [4.78, 5) is 0. The molecule has 3 rings (SSSR count). The van der Waals surface area contributed by atoms with Crippen LogP contribution in [0.3, 0.4) is 0 Å². The van der Waals surface area contributed by atoms with E-state index in [2.05, 4.69) is 22.4 Å². The third-order valence-electron chi connectivity index (χ3n) is 4.03. The number of hydrogen-bond donors (Lipinski definition) is 1. The Kier molecular flexibility index (Phi) is 3.40. The molecule has 0 spiro atoms. The molecule has 1 aliphatic heterocycles. The van der Waals surface area contributed by atoms with E-state index in [9.17, 15) is 0 Å². The lowest BCUT2D eigenvalue weighted by molar-refractivity contribution is 0.173. The number of benzene rings is 1. The first-order valence-corrected chi connectivity index (χ1v) is 6.89. The van der Waals surface area contributed by atoms with Crippen LogP contribution in [0.25, 0.3) is 11.4 Å². The fourth-order valence-corrected chi connectivity index (χ4v) is 2.66. The van der Waals surface area contributed by atoms with E-state index in [0.717, 1.165) is 42.3 Å². The van der Waals surface area contributed by atoms with Crippen molar-refractivity contribution in [3.63, 3.8) is 0 Å². The van der Waals surface area contributed by atoms with Gasteiger partial charge in [0.15, 0.2) is 5.82 Å². The Morgan fingerprint density at radius 1 is 1.45 bits per heavy atom. The smallest absolute Gasteiger partial charge is 0.182 e. The molecule has 20 heavy (non-hydrogen) atoms. The summed E-state index contributed by atoms with van der Waals surface area (Å²) in [5.41, 5.74) is 8.71. The van der Waals surface area contributed by atoms with Crippen molar-refractivity contribution in [1.29, 1.82) is 0 Å². The number of nitrogens with zero attached hydrogens (tertiary/aromatic N) is 4. The Morgan fingerprint density at radius 2 is 2.30 bits per heavy atom. The molecular formula is C14H19N5O. The minimum atomic E-state index is 0.211. The Balaban J connectivity index is 1.99. The zero-order valence-electron chi connectivity index (χ0n) is 11.8. The maximum atomic E-state index is 5.88. The number of nitrogens with two attached hydrogens (primary N) is 1. The summed E-state index contributed by atoms with van der Waals surface area (Å²) in [6.45, 7) is 5.78. The third-order valence-corrected chi connectivity index (χ3v) is 4.03. The SMILES string of the molecule is Cc1ccc(N)cc1-c1nnnn1C(C)C1CCOC1. The second kappa shape index (κ2) is 5.20. The maximum absolute atomic E-state index is 5.88. The summed E-state index contributed by atoms with van der Waals surface area (Å²) in [5.74, 6) is 1.23. The molecule has 1 aliphatic rings. The summed E-state index contributed by atoms with van der Waals surface area (Å²) >= 11 is 0. The quantitative estimate of drug-likeness (QED) is 0.863. The summed E-state index contributed by atoms with van der Waals surface area (Å²) < 4.78 is 7.35. The molecule has 0 amide bonds. The van der Waals surface area contributed by atoms with Crippen LogP contribution in [0.4, 0.5) is 5.69 Å². The third kappa shape index (κ3) is 2.27. The van der Waals surface area contributed by atoms with Crippen LogP contribution in [0.1, 0.15) is 24.9 Å². The number of rotatable bonds is 3. The molecule has 0 aliphatic carbocycles. The predicted molar refractivity (Wildman–Crippen MR) is 76.0 cm³/mol. The number of nitrogen functional groups attached to an aromatic ring is 1. The van der Waals surface area contributed by atoms with E-state index < -0.39 is 0 Å². The molecule has 1 aromatic heterocycles. The van der Waals surface area contributed by atoms with Gasteiger partial charge in [0.25, 0.3) is 0 Å². The van der Waals surface area contributed by atoms with Crippen LogP contribution in [-0.4, -0.2) is 33.4 Å². The number of hydrogen-bond acceptors (Lipinski definition) is 5. The van der Waals surface area contributed by atoms with Crippen LogP contribution in [0.5, 0.6) is 0 Å². The summed E-state index contributed by atoms with van der Waals surface area (Å²) in [7, 11) is 0. The van der Waals surface area contributed by atoms with Gasteiger partial charge in [-0.1, -0.05) is 6.07 Å². The van der Waals surface area contributed by atoms with Crippen LogP contribution < -0.4 is 5.73 Å². The van der Waals surface area contributed by atoms with Crippen LogP contribution in [0, 0.1) is 12.8 Å². The molecule has 1 aromatic carbocycles. The first-order valence-electron chi connectivity index (χ1n) is 6.89. The lowest BCUT2D eigenvalue weighted by atomic mass is 10.00. The normalized spacial score (nSPS) is 20.2. The highest BCUT2D eigenvalue weighted by Gasteiger charge is 2.27. The summed E-state index contributed by atoms with van der Waals surface area (Å²) in [6.07, 6.45) is 1.05. The van der Waals surface area contributed by atoms with Gasteiger partial charge in [-0.3, -0.25) is 0 Å². The molecule has 0 saturated carbocycles. The average Bonchev–Trinajstić information content (AvgIpc) is 3.11. The van der Waals surface area contributed by atoms with Gasteiger partial charge in [0.2, 0.25) is 0 Å². The standard InChI is InChI=1S/C14H19N5O/c1-9-3-4-12(15)7-13(9)14-16-17-18-19(14)10(2)11-5-6-20-8-11/h3-4,7,10-11H,5-6,8,15H2,1-2H3. The van der Waals surface area contributed by atoms with Gasteiger partial charge in [0.05, 0.1) is 12.6 Å². The van der Waals surface area contributed by atoms with Gasteiger partial charge in [0.1, 0.15) is 0 Å². The van der Waals surface area contributed by atoms with Crippen LogP contribution in [-0.2, 0) is 4.74 Å². The van der Waals surface area contributed by atoms with Crippen LogP contribution in [0.15, 0.2) is 18.2 Å². The molecule has 2 aromatic rings. The molecule has 1 fully saturated rings. The molecule has 2 unspecified atom stereocenters. The van der Waals surface area contributed by atoms with Crippen molar-refractivity contribution in [2.75, 3.05) is 18.9 Å². The van der Waals surface area contributed by atoms with Gasteiger partial charge in [-0.25, -0.2) is 4.68 Å². The monoisotopic (exact) mass is 273 g/mol. The molecule has 2 N–H and O–H groups in total. The van der Waals surface area contributed by atoms with E-state index in [1.807, 2.05) is 29.8 Å². The van der Waals surface area contributed by atoms with Crippen molar-refractivity contribution in [3.05, 3.63) is 23.8 Å². The van der Waals surface area contributed by atoms with E-state index in [-0.39, 0.29) is 6.04 Å². The summed E-state index contributed by atoms with van der Waals surface area (Å²) in [5, 5.41) is 12.2. The summed E-state index contributed by atoms with van der Waals surface area (Å²) in [6, 6.07) is 6.02. The lowest BCUT2D eigenvalue weighted by Crippen LogP contribution is -2.19. The van der Waals surface area contributed by atoms with E-state index in [4.69, 9.17) is 10.5 Å². The van der Waals surface area contributed by atoms with Gasteiger partial charge >= 0.3 is 0 Å². The lowest BCUT2D eigenvalue weighted by Gasteiger charge is -2.19. The molecule has 0 radical (unpaired) electrons. The van der Waals surface area contributed by atoms with Crippen molar-refractivity contribution >= 4 is 5.69 Å². The largest absolute Gasteiger partial charge is 0.399 e. The highest BCUT2D eigenvalue weighted by atomic mass is 16.5. The van der Waals surface area contributed by atoms with Crippen LogP contribution >= 0.6 is 0 Å². The van der Waals surface area contributed by atoms with Gasteiger partial charge in [-0.15, -0.1) is 5.10 Å². The number of aryl methyl sites for hydroxylation is 1. The minimum Gasteiger partial charge on any atom is -0.399 e. The zero-order chi connectivity index (χ0) is 14.1.